The molecule has 1 heterocycles. The van der Waals surface area contributed by atoms with Crippen molar-refractivity contribution in [2.24, 2.45) is 0 Å². The zero-order valence-electron chi connectivity index (χ0n) is 7.45. The molecule has 0 aromatic carbocycles. The van der Waals surface area contributed by atoms with E-state index in [2.05, 4.69) is 39.7 Å². The molecular weight excluding hydrogens is 218 g/mol. The van der Waals surface area contributed by atoms with Gasteiger partial charge >= 0.3 is 0 Å². The maximum Gasteiger partial charge on any atom is 0.225 e. The summed E-state index contributed by atoms with van der Waals surface area (Å²) < 4.78 is 0.906. The number of rotatable bonds is 2. The summed E-state index contributed by atoms with van der Waals surface area (Å²) in [5.74, 6) is 0.758. The molecule has 4 heteroatoms. The van der Waals surface area contributed by atoms with Gasteiger partial charge in [0.25, 0.3) is 0 Å². The monoisotopic (exact) mass is 229 g/mol. The summed E-state index contributed by atoms with van der Waals surface area (Å²) in [5, 5.41) is 0. The molecule has 3 nitrogen and oxygen atoms in total. The maximum absolute atomic E-state index is 4.17. The molecule has 66 valence electrons. The average molecular weight is 230 g/mol. The predicted molar refractivity (Wildman–Crippen MR) is 53.3 cm³/mol. The Morgan fingerprint density at radius 3 is 2.25 bits per heavy atom. The molecule has 1 aromatic rings. The second-order valence-electron chi connectivity index (χ2n) is 2.91. The van der Waals surface area contributed by atoms with Crippen LogP contribution in [-0.4, -0.2) is 23.1 Å². The zero-order valence-corrected chi connectivity index (χ0v) is 9.04. The van der Waals surface area contributed by atoms with Crippen molar-refractivity contribution in [2.75, 3.05) is 11.9 Å². The van der Waals surface area contributed by atoms with Gasteiger partial charge in [0, 0.05) is 25.5 Å². The third-order valence-electron chi connectivity index (χ3n) is 1.70. The smallest absolute Gasteiger partial charge is 0.225 e. The van der Waals surface area contributed by atoms with E-state index in [4.69, 9.17) is 0 Å². The minimum atomic E-state index is 0.422. The van der Waals surface area contributed by atoms with Gasteiger partial charge in [-0.25, -0.2) is 9.97 Å². The van der Waals surface area contributed by atoms with E-state index in [0.29, 0.717) is 6.04 Å². The van der Waals surface area contributed by atoms with E-state index in [1.807, 2.05) is 11.9 Å². The van der Waals surface area contributed by atoms with Crippen LogP contribution in [0.4, 0.5) is 5.95 Å². The summed E-state index contributed by atoms with van der Waals surface area (Å²) in [5.41, 5.74) is 0. The Labute approximate surface area is 81.0 Å². The molecule has 0 amide bonds. The Hall–Kier alpha value is -0.640. The van der Waals surface area contributed by atoms with Gasteiger partial charge in [0.1, 0.15) is 0 Å². The molecule has 0 saturated carbocycles. The summed E-state index contributed by atoms with van der Waals surface area (Å²) in [6.07, 6.45) is 3.50. The highest BCUT2D eigenvalue weighted by Crippen LogP contribution is 2.11. The number of hydrogen-bond acceptors (Lipinski definition) is 3. The first-order valence-corrected chi connectivity index (χ1v) is 4.61. The standard InChI is InChI=1S/C8H12BrN3/c1-6(2)12(3)8-10-4-7(9)5-11-8/h4-6H,1-3H3. The van der Waals surface area contributed by atoms with Gasteiger partial charge in [-0.15, -0.1) is 0 Å². The number of nitrogens with zero attached hydrogens (tertiary/aromatic N) is 3. The van der Waals surface area contributed by atoms with Crippen molar-refractivity contribution >= 4 is 21.9 Å². The number of aromatic nitrogens is 2. The number of anilines is 1. The second kappa shape index (κ2) is 3.85. The highest BCUT2D eigenvalue weighted by molar-refractivity contribution is 9.10. The summed E-state index contributed by atoms with van der Waals surface area (Å²) in [7, 11) is 1.98. The van der Waals surface area contributed by atoms with Gasteiger partial charge in [0.2, 0.25) is 5.95 Å². The van der Waals surface area contributed by atoms with Crippen molar-refractivity contribution in [1.82, 2.24) is 9.97 Å². The van der Waals surface area contributed by atoms with Gasteiger partial charge < -0.3 is 4.90 Å². The first-order chi connectivity index (χ1) is 5.61. The number of halogens is 1. The van der Waals surface area contributed by atoms with E-state index in [-0.39, 0.29) is 0 Å². The molecule has 0 fully saturated rings. The molecular formula is C8H12BrN3. The fourth-order valence-electron chi connectivity index (χ4n) is 0.719. The Bertz CT molecular complexity index is 245. The molecule has 0 aliphatic carbocycles. The second-order valence-corrected chi connectivity index (χ2v) is 3.82. The minimum Gasteiger partial charge on any atom is -0.341 e. The molecule has 1 rings (SSSR count). The van der Waals surface area contributed by atoms with E-state index in [0.717, 1.165) is 10.4 Å². The zero-order chi connectivity index (χ0) is 9.14. The summed E-state index contributed by atoms with van der Waals surface area (Å²) in [6.45, 7) is 4.21. The van der Waals surface area contributed by atoms with Crippen molar-refractivity contribution in [2.45, 2.75) is 19.9 Å². The van der Waals surface area contributed by atoms with Crippen molar-refractivity contribution in [1.29, 1.82) is 0 Å². The van der Waals surface area contributed by atoms with E-state index in [1.165, 1.54) is 0 Å². The molecule has 0 aliphatic rings. The quantitative estimate of drug-likeness (QED) is 0.778. The van der Waals surface area contributed by atoms with Gasteiger partial charge in [0.05, 0.1) is 4.47 Å². The Morgan fingerprint density at radius 2 is 1.83 bits per heavy atom. The highest BCUT2D eigenvalue weighted by Gasteiger charge is 2.06. The van der Waals surface area contributed by atoms with Crippen LogP contribution < -0.4 is 4.90 Å². The Balaban J connectivity index is 2.82. The fraction of sp³-hybridized carbons (Fsp3) is 0.500. The molecule has 0 spiro atoms. The van der Waals surface area contributed by atoms with Crippen molar-refractivity contribution in [3.05, 3.63) is 16.9 Å². The van der Waals surface area contributed by atoms with E-state index < -0.39 is 0 Å². The lowest BCUT2D eigenvalue weighted by Crippen LogP contribution is -2.27. The first kappa shape index (κ1) is 9.45. The van der Waals surface area contributed by atoms with Crippen LogP contribution in [0.25, 0.3) is 0 Å². The van der Waals surface area contributed by atoms with Gasteiger partial charge in [0.15, 0.2) is 0 Å². The molecule has 0 saturated heterocycles. The van der Waals surface area contributed by atoms with Crippen molar-refractivity contribution < 1.29 is 0 Å². The summed E-state index contributed by atoms with van der Waals surface area (Å²) >= 11 is 3.29. The molecule has 0 unspecified atom stereocenters. The molecule has 0 N–H and O–H groups in total. The van der Waals surface area contributed by atoms with Crippen LogP contribution in [0.5, 0.6) is 0 Å². The highest BCUT2D eigenvalue weighted by atomic mass is 79.9. The number of hydrogen-bond donors (Lipinski definition) is 0. The van der Waals surface area contributed by atoms with Crippen LogP contribution in [0.3, 0.4) is 0 Å². The van der Waals surface area contributed by atoms with Crippen molar-refractivity contribution in [3.8, 4) is 0 Å². The van der Waals surface area contributed by atoms with Gasteiger partial charge in [-0.2, -0.15) is 0 Å². The fourth-order valence-corrected chi connectivity index (χ4v) is 0.923. The molecule has 0 bridgehead atoms. The topological polar surface area (TPSA) is 29.0 Å². The Kier molecular flexibility index (Phi) is 3.03. The molecule has 0 aliphatic heterocycles. The van der Waals surface area contributed by atoms with Crippen LogP contribution in [-0.2, 0) is 0 Å². The van der Waals surface area contributed by atoms with Crippen LogP contribution in [0.2, 0.25) is 0 Å². The van der Waals surface area contributed by atoms with Crippen LogP contribution in [0, 0.1) is 0 Å². The molecule has 12 heavy (non-hydrogen) atoms. The lowest BCUT2D eigenvalue weighted by molar-refractivity contribution is 0.728. The first-order valence-electron chi connectivity index (χ1n) is 3.81. The van der Waals surface area contributed by atoms with Gasteiger partial charge in [-0.05, 0) is 29.8 Å². The lowest BCUT2D eigenvalue weighted by Gasteiger charge is -2.20. The molecule has 0 atom stereocenters. The SMILES string of the molecule is CC(C)N(C)c1ncc(Br)cn1. The average Bonchev–Trinajstić information content (AvgIpc) is 2.04. The van der Waals surface area contributed by atoms with E-state index in [1.54, 1.807) is 12.4 Å². The van der Waals surface area contributed by atoms with Crippen LogP contribution in [0.1, 0.15) is 13.8 Å². The summed E-state index contributed by atoms with van der Waals surface area (Å²) in [6, 6.07) is 0.422. The molecule has 1 aromatic heterocycles. The lowest BCUT2D eigenvalue weighted by atomic mass is 10.4. The van der Waals surface area contributed by atoms with Gasteiger partial charge in [-0.1, -0.05) is 0 Å². The maximum atomic E-state index is 4.17. The largest absolute Gasteiger partial charge is 0.341 e. The van der Waals surface area contributed by atoms with Crippen LogP contribution >= 0.6 is 15.9 Å². The van der Waals surface area contributed by atoms with Crippen LogP contribution in [0.15, 0.2) is 16.9 Å². The van der Waals surface area contributed by atoms with Crippen molar-refractivity contribution in [3.63, 3.8) is 0 Å². The Morgan fingerprint density at radius 1 is 1.33 bits per heavy atom. The predicted octanol–water partition coefficient (Wildman–Crippen LogP) is 2.08. The van der Waals surface area contributed by atoms with Gasteiger partial charge in [-0.3, -0.25) is 0 Å². The minimum absolute atomic E-state index is 0.422. The van der Waals surface area contributed by atoms with E-state index >= 15 is 0 Å². The third kappa shape index (κ3) is 2.17. The third-order valence-corrected chi connectivity index (χ3v) is 2.11. The summed E-state index contributed by atoms with van der Waals surface area (Å²) in [4.78, 5) is 10.4. The van der Waals surface area contributed by atoms with E-state index in [9.17, 15) is 0 Å². The normalized spacial score (nSPS) is 10.4. The molecule has 0 radical (unpaired) electrons.